The molecule has 2 fully saturated rings. The van der Waals surface area contributed by atoms with E-state index in [-0.39, 0.29) is 19.1 Å². The molecule has 3 aliphatic carbocycles. The fraction of sp³-hybridized carbons (Fsp3) is 0.607. The van der Waals surface area contributed by atoms with Gasteiger partial charge in [-0.15, -0.1) is 0 Å². The Bertz CT molecular complexity index is 1080. The minimum atomic E-state index is -1.08. The highest BCUT2D eigenvalue weighted by Crippen LogP contribution is 2.51. The van der Waals surface area contributed by atoms with Crippen molar-refractivity contribution in [3.8, 4) is 11.5 Å². The van der Waals surface area contributed by atoms with Crippen molar-refractivity contribution < 1.29 is 34.1 Å². The zero-order chi connectivity index (χ0) is 26.1. The number of aliphatic hydroxyl groups excluding tert-OH is 2. The summed E-state index contributed by atoms with van der Waals surface area (Å²) in [4.78, 5) is 40.3. The van der Waals surface area contributed by atoms with Gasteiger partial charge in [0.2, 0.25) is 11.8 Å². The summed E-state index contributed by atoms with van der Waals surface area (Å²) in [6.45, 7) is 0.389. The highest BCUT2D eigenvalue weighted by atomic mass is 16.5. The van der Waals surface area contributed by atoms with E-state index in [0.29, 0.717) is 59.3 Å². The fourth-order valence-corrected chi connectivity index (χ4v) is 6.11. The molecule has 1 aromatic rings. The predicted molar refractivity (Wildman–Crippen MR) is 135 cm³/mol. The lowest BCUT2D eigenvalue weighted by molar-refractivity contribution is -0.138. The van der Waals surface area contributed by atoms with Crippen LogP contribution in [0.5, 0.6) is 11.5 Å². The smallest absolute Gasteiger partial charge is 0.247 e. The van der Waals surface area contributed by atoms with Crippen molar-refractivity contribution >= 4 is 18.1 Å². The summed E-state index contributed by atoms with van der Waals surface area (Å²) in [7, 11) is 1.47. The highest BCUT2D eigenvalue weighted by Gasteiger charge is 2.52. The average Bonchev–Trinajstić information content (AvgIpc) is 3.42. The fourth-order valence-electron chi connectivity index (χ4n) is 6.11. The molecule has 3 N–H and O–H groups in total. The first-order valence-electron chi connectivity index (χ1n) is 13.4. The summed E-state index contributed by atoms with van der Waals surface area (Å²) in [5, 5.41) is 23.6. The van der Waals surface area contributed by atoms with Crippen LogP contribution in [0.15, 0.2) is 23.8 Å². The monoisotopic (exact) mass is 512 g/mol. The molecule has 1 aliphatic heterocycles. The van der Waals surface area contributed by atoms with Crippen molar-refractivity contribution in [1.82, 2.24) is 10.2 Å². The molecule has 4 atom stereocenters. The lowest BCUT2D eigenvalue weighted by Crippen LogP contribution is -2.56. The van der Waals surface area contributed by atoms with Crippen molar-refractivity contribution in [1.29, 1.82) is 0 Å². The Hall–Kier alpha value is -2.91. The Morgan fingerprint density at radius 2 is 1.95 bits per heavy atom. The Labute approximate surface area is 216 Å². The first kappa shape index (κ1) is 25.7. The molecular weight excluding hydrogens is 476 g/mol. The second-order valence-corrected chi connectivity index (χ2v) is 10.7. The van der Waals surface area contributed by atoms with Crippen LogP contribution in [0.3, 0.4) is 0 Å². The van der Waals surface area contributed by atoms with E-state index in [2.05, 4.69) is 5.32 Å². The molecule has 1 aromatic carbocycles. The van der Waals surface area contributed by atoms with Gasteiger partial charge in [0.05, 0.1) is 25.7 Å². The molecule has 9 nitrogen and oxygen atoms in total. The summed E-state index contributed by atoms with van der Waals surface area (Å²) in [5.41, 5.74) is 1.31. The Morgan fingerprint density at radius 1 is 1.19 bits per heavy atom. The van der Waals surface area contributed by atoms with E-state index < -0.39 is 30.1 Å². The van der Waals surface area contributed by atoms with Gasteiger partial charge in [-0.1, -0.05) is 12.8 Å². The summed E-state index contributed by atoms with van der Waals surface area (Å²) in [6.07, 6.45) is 7.39. The number of ether oxygens (including phenoxy) is 2. The predicted octanol–water partition coefficient (Wildman–Crippen LogP) is 1.95. The molecule has 0 aromatic heterocycles. The number of hydrogen-bond acceptors (Lipinski definition) is 7. The van der Waals surface area contributed by atoms with Crippen LogP contribution in [0.4, 0.5) is 0 Å². The van der Waals surface area contributed by atoms with E-state index >= 15 is 0 Å². The minimum Gasteiger partial charge on any atom is -0.493 e. The van der Waals surface area contributed by atoms with Gasteiger partial charge in [0.15, 0.2) is 11.5 Å². The van der Waals surface area contributed by atoms with Crippen LogP contribution in [0.2, 0.25) is 0 Å². The Balaban J connectivity index is 1.53. The molecule has 0 unspecified atom stereocenters. The van der Waals surface area contributed by atoms with Gasteiger partial charge in [-0.05, 0) is 55.7 Å². The lowest BCUT2D eigenvalue weighted by atomic mass is 9.77. The number of aldehydes is 1. The molecule has 0 spiro atoms. The maximum Gasteiger partial charge on any atom is 0.247 e. The van der Waals surface area contributed by atoms with E-state index in [0.717, 1.165) is 38.5 Å². The number of fused-ring (bicyclic) bond motifs is 3. The first-order chi connectivity index (χ1) is 17.9. The second kappa shape index (κ2) is 10.8. The van der Waals surface area contributed by atoms with Gasteiger partial charge in [-0.3, -0.25) is 14.4 Å². The zero-order valence-corrected chi connectivity index (χ0v) is 21.2. The average molecular weight is 513 g/mol. The quantitative estimate of drug-likeness (QED) is 0.409. The molecule has 37 heavy (non-hydrogen) atoms. The lowest BCUT2D eigenvalue weighted by Gasteiger charge is -2.41. The molecule has 5 rings (SSSR count). The summed E-state index contributed by atoms with van der Waals surface area (Å²) < 4.78 is 11.7. The number of carbonyl (C=O) groups is 3. The van der Waals surface area contributed by atoms with Gasteiger partial charge in [0.1, 0.15) is 18.5 Å². The number of rotatable bonds is 10. The van der Waals surface area contributed by atoms with Crippen LogP contribution < -0.4 is 14.8 Å². The molecule has 4 aliphatic rings. The minimum absolute atomic E-state index is 0.00370. The number of hydrogen-bond donors (Lipinski definition) is 3. The maximum atomic E-state index is 13.6. The van der Waals surface area contributed by atoms with E-state index in [1.54, 1.807) is 23.1 Å². The van der Waals surface area contributed by atoms with Crippen molar-refractivity contribution in [3.63, 3.8) is 0 Å². The molecule has 9 heteroatoms. The van der Waals surface area contributed by atoms with E-state index in [1.165, 1.54) is 7.11 Å². The Kier molecular flexibility index (Phi) is 7.53. The standard InChI is InChI=1S/C28H36N2O7/c1-36-22-11-18(15-32)10-19-24-20(28(35)29-8-9-31)13-21(25(34)27(24)37-26(19)22)30(14-17-6-7-17)23(33)12-16-4-2-3-5-16/h10-11,13,15-17,21,24-25,27,31,34H,2-9,12,14H2,1H3,(H,29,35)/t21-,24+,25+,27+/m1/s1. The van der Waals surface area contributed by atoms with Gasteiger partial charge < -0.3 is 29.9 Å². The molecule has 2 amide bonds. The van der Waals surface area contributed by atoms with Gasteiger partial charge in [0, 0.05) is 36.2 Å². The number of methoxy groups -OCH3 is 1. The number of nitrogens with zero attached hydrogens (tertiary/aromatic N) is 1. The highest BCUT2D eigenvalue weighted by molar-refractivity contribution is 5.96. The van der Waals surface area contributed by atoms with Gasteiger partial charge in [0.25, 0.3) is 0 Å². The van der Waals surface area contributed by atoms with Gasteiger partial charge >= 0.3 is 0 Å². The van der Waals surface area contributed by atoms with Crippen molar-refractivity contribution in [2.24, 2.45) is 11.8 Å². The van der Waals surface area contributed by atoms with Crippen LogP contribution in [-0.2, 0) is 9.59 Å². The van der Waals surface area contributed by atoms with E-state index in [9.17, 15) is 24.6 Å². The molecule has 0 bridgehead atoms. The summed E-state index contributed by atoms with van der Waals surface area (Å²) in [6, 6.07) is 2.49. The van der Waals surface area contributed by atoms with Crippen LogP contribution in [0, 0.1) is 11.8 Å². The van der Waals surface area contributed by atoms with Crippen molar-refractivity contribution in [2.75, 3.05) is 26.8 Å². The third kappa shape index (κ3) is 5.11. The SMILES string of the molecule is COc1cc(C=O)cc2c1O[C@@H]1[C@@H](O)[C@H](N(CC3CC3)C(=O)CC3CCCC3)C=C(C(=O)NCCO)[C@H]21. The van der Waals surface area contributed by atoms with Crippen LogP contribution in [0.25, 0.3) is 0 Å². The number of amides is 2. The molecule has 2 saturated carbocycles. The third-order valence-electron chi connectivity index (χ3n) is 8.18. The van der Waals surface area contributed by atoms with Crippen LogP contribution >= 0.6 is 0 Å². The van der Waals surface area contributed by atoms with Gasteiger partial charge in [-0.25, -0.2) is 0 Å². The largest absolute Gasteiger partial charge is 0.493 e. The first-order valence-corrected chi connectivity index (χ1v) is 13.4. The molecule has 0 saturated heterocycles. The number of nitrogens with one attached hydrogen (secondary N) is 1. The Morgan fingerprint density at radius 3 is 2.59 bits per heavy atom. The molecular formula is C28H36N2O7. The van der Waals surface area contributed by atoms with Crippen LogP contribution in [0.1, 0.15) is 66.8 Å². The topological polar surface area (TPSA) is 125 Å². The van der Waals surface area contributed by atoms with Gasteiger partial charge in [-0.2, -0.15) is 0 Å². The third-order valence-corrected chi connectivity index (χ3v) is 8.18. The summed E-state index contributed by atoms with van der Waals surface area (Å²) in [5.74, 6) is 0.439. The molecule has 1 heterocycles. The zero-order valence-electron chi connectivity index (χ0n) is 21.2. The number of carbonyl (C=O) groups excluding carboxylic acids is 3. The maximum absolute atomic E-state index is 13.6. The van der Waals surface area contributed by atoms with Crippen LogP contribution in [-0.4, -0.2) is 78.3 Å². The number of aliphatic hydroxyl groups is 2. The van der Waals surface area contributed by atoms with E-state index in [1.807, 2.05) is 0 Å². The molecule has 200 valence electrons. The number of benzene rings is 1. The van der Waals surface area contributed by atoms with Crippen molar-refractivity contribution in [3.05, 3.63) is 34.9 Å². The molecule has 0 radical (unpaired) electrons. The second-order valence-electron chi connectivity index (χ2n) is 10.7. The summed E-state index contributed by atoms with van der Waals surface area (Å²) >= 11 is 0. The normalized spacial score (nSPS) is 26.5. The van der Waals surface area contributed by atoms with E-state index in [4.69, 9.17) is 9.47 Å². The van der Waals surface area contributed by atoms with Crippen molar-refractivity contribution in [2.45, 2.75) is 69.1 Å².